The fourth-order valence-corrected chi connectivity index (χ4v) is 1.65. The molecule has 0 atom stereocenters. The van der Waals surface area contributed by atoms with Crippen LogP contribution >= 0.6 is 0 Å². The molecule has 0 N–H and O–H groups in total. The third kappa shape index (κ3) is 1.99. The van der Waals surface area contributed by atoms with Crippen LogP contribution in [-0.2, 0) is 16.0 Å². The molecule has 2 heteroatoms. The van der Waals surface area contributed by atoms with Crippen LogP contribution in [0.4, 0.5) is 0 Å². The zero-order valence-corrected chi connectivity index (χ0v) is 8.40. The summed E-state index contributed by atoms with van der Waals surface area (Å²) in [6.07, 6.45) is 3.70. The van der Waals surface area contributed by atoms with E-state index in [1.807, 2.05) is 24.3 Å². The van der Waals surface area contributed by atoms with Crippen molar-refractivity contribution in [2.75, 3.05) is 6.61 Å². The van der Waals surface area contributed by atoms with Gasteiger partial charge in [0.2, 0.25) is 0 Å². The van der Waals surface area contributed by atoms with Crippen molar-refractivity contribution >= 4 is 11.5 Å². The van der Waals surface area contributed by atoms with Gasteiger partial charge >= 0.3 is 0 Å². The van der Waals surface area contributed by atoms with Gasteiger partial charge in [-0.05, 0) is 5.56 Å². The lowest BCUT2D eigenvalue weighted by Gasteiger charge is -2.16. The second-order valence-corrected chi connectivity index (χ2v) is 3.41. The zero-order chi connectivity index (χ0) is 10.7. The fourth-order valence-electron chi connectivity index (χ4n) is 1.65. The molecule has 0 fully saturated rings. The SMILES string of the molecule is C=CCOC1=CC(=O)Cc2ccccc21. The number of ether oxygens (including phenoxy) is 1. The van der Waals surface area contributed by atoms with Gasteiger partial charge in [0.25, 0.3) is 0 Å². The highest BCUT2D eigenvalue weighted by Crippen LogP contribution is 2.25. The summed E-state index contributed by atoms with van der Waals surface area (Å²) in [7, 11) is 0. The first-order valence-corrected chi connectivity index (χ1v) is 4.88. The molecule has 0 heterocycles. The van der Waals surface area contributed by atoms with Gasteiger partial charge in [0.15, 0.2) is 5.78 Å². The minimum atomic E-state index is 0.0905. The number of fused-ring (bicyclic) bond motifs is 1. The molecule has 0 saturated carbocycles. The average molecular weight is 200 g/mol. The van der Waals surface area contributed by atoms with Crippen LogP contribution in [0.5, 0.6) is 0 Å². The minimum Gasteiger partial charge on any atom is -0.489 e. The summed E-state index contributed by atoms with van der Waals surface area (Å²) < 4.78 is 5.45. The molecular weight excluding hydrogens is 188 g/mol. The van der Waals surface area contributed by atoms with Crippen molar-refractivity contribution in [2.45, 2.75) is 6.42 Å². The number of ketones is 1. The van der Waals surface area contributed by atoms with Gasteiger partial charge in [-0.15, -0.1) is 0 Å². The molecule has 2 rings (SSSR count). The van der Waals surface area contributed by atoms with Crippen molar-refractivity contribution in [3.8, 4) is 0 Å². The molecule has 0 saturated heterocycles. The second-order valence-electron chi connectivity index (χ2n) is 3.41. The molecule has 0 unspecified atom stereocenters. The standard InChI is InChI=1S/C13H12O2/c1-2-7-15-13-9-11(14)8-10-5-3-4-6-12(10)13/h2-6,9H,1,7-8H2. The summed E-state index contributed by atoms with van der Waals surface area (Å²) in [4.78, 5) is 11.4. The maximum Gasteiger partial charge on any atom is 0.163 e. The number of rotatable bonds is 3. The number of hydrogen-bond donors (Lipinski definition) is 0. The molecule has 0 aliphatic heterocycles. The summed E-state index contributed by atoms with van der Waals surface area (Å²) in [5.74, 6) is 0.745. The largest absolute Gasteiger partial charge is 0.489 e. The Bertz CT molecular complexity index is 430. The number of carbonyl (C=O) groups excluding carboxylic acids is 1. The third-order valence-electron chi connectivity index (χ3n) is 2.30. The average Bonchev–Trinajstić information content (AvgIpc) is 2.25. The number of carbonyl (C=O) groups is 1. The molecule has 2 nitrogen and oxygen atoms in total. The lowest BCUT2D eigenvalue weighted by Crippen LogP contribution is -2.10. The normalized spacial score (nSPS) is 14.1. The first-order chi connectivity index (χ1) is 7.31. The minimum absolute atomic E-state index is 0.0905. The summed E-state index contributed by atoms with van der Waals surface area (Å²) in [5.41, 5.74) is 2.04. The molecular formula is C13H12O2. The predicted octanol–water partition coefficient (Wildman–Crippen LogP) is 2.36. The van der Waals surface area contributed by atoms with Gasteiger partial charge in [0.05, 0.1) is 0 Å². The molecule has 1 aromatic rings. The van der Waals surface area contributed by atoms with Crippen LogP contribution < -0.4 is 0 Å². The monoisotopic (exact) mass is 200 g/mol. The molecule has 76 valence electrons. The maximum atomic E-state index is 11.4. The van der Waals surface area contributed by atoms with Crippen LogP contribution in [0, 0.1) is 0 Å². The van der Waals surface area contributed by atoms with Gasteiger partial charge in [-0.2, -0.15) is 0 Å². The van der Waals surface area contributed by atoms with Crippen molar-refractivity contribution in [3.05, 3.63) is 54.1 Å². The summed E-state index contributed by atoms with van der Waals surface area (Å²) >= 11 is 0. The Kier molecular flexibility index (Phi) is 2.68. The van der Waals surface area contributed by atoms with E-state index in [1.165, 1.54) is 0 Å². The lowest BCUT2D eigenvalue weighted by atomic mass is 9.95. The first-order valence-electron chi connectivity index (χ1n) is 4.88. The highest BCUT2D eigenvalue weighted by molar-refractivity contribution is 6.00. The van der Waals surface area contributed by atoms with E-state index in [2.05, 4.69) is 6.58 Å². The fraction of sp³-hybridized carbons (Fsp3) is 0.154. The zero-order valence-electron chi connectivity index (χ0n) is 8.40. The quantitative estimate of drug-likeness (QED) is 0.700. The Morgan fingerprint density at radius 1 is 1.40 bits per heavy atom. The lowest BCUT2D eigenvalue weighted by molar-refractivity contribution is -0.114. The van der Waals surface area contributed by atoms with Gasteiger partial charge < -0.3 is 4.74 Å². The predicted molar refractivity (Wildman–Crippen MR) is 59.3 cm³/mol. The molecule has 1 aliphatic carbocycles. The van der Waals surface area contributed by atoms with E-state index in [-0.39, 0.29) is 5.78 Å². The number of hydrogen-bond acceptors (Lipinski definition) is 2. The first kappa shape index (κ1) is 9.71. The van der Waals surface area contributed by atoms with Crippen LogP contribution in [0.1, 0.15) is 11.1 Å². The van der Waals surface area contributed by atoms with Crippen LogP contribution in [0.25, 0.3) is 5.76 Å². The molecule has 0 amide bonds. The molecule has 0 aromatic heterocycles. The van der Waals surface area contributed by atoms with Gasteiger partial charge in [0, 0.05) is 18.1 Å². The van der Waals surface area contributed by atoms with Crippen molar-refractivity contribution in [3.63, 3.8) is 0 Å². The Labute approximate surface area is 88.9 Å². The molecule has 15 heavy (non-hydrogen) atoms. The Morgan fingerprint density at radius 3 is 3.00 bits per heavy atom. The smallest absolute Gasteiger partial charge is 0.163 e. The summed E-state index contributed by atoms with van der Waals surface area (Å²) in [6, 6.07) is 7.80. The topological polar surface area (TPSA) is 26.3 Å². The highest BCUT2D eigenvalue weighted by Gasteiger charge is 2.17. The van der Waals surface area contributed by atoms with Crippen molar-refractivity contribution in [2.24, 2.45) is 0 Å². The van der Waals surface area contributed by atoms with Crippen molar-refractivity contribution in [1.29, 1.82) is 0 Å². The van der Waals surface area contributed by atoms with Gasteiger partial charge in [-0.1, -0.05) is 36.9 Å². The van der Waals surface area contributed by atoms with E-state index in [0.717, 1.165) is 11.1 Å². The van der Waals surface area contributed by atoms with E-state index in [0.29, 0.717) is 18.8 Å². The molecule has 0 spiro atoms. The highest BCUT2D eigenvalue weighted by atomic mass is 16.5. The van der Waals surface area contributed by atoms with Crippen molar-refractivity contribution in [1.82, 2.24) is 0 Å². The van der Waals surface area contributed by atoms with Gasteiger partial charge in [0.1, 0.15) is 12.4 Å². The van der Waals surface area contributed by atoms with E-state index >= 15 is 0 Å². The van der Waals surface area contributed by atoms with Gasteiger partial charge in [-0.25, -0.2) is 0 Å². The molecule has 0 radical (unpaired) electrons. The van der Waals surface area contributed by atoms with E-state index in [4.69, 9.17) is 4.74 Å². The Balaban J connectivity index is 2.35. The molecule has 0 bridgehead atoms. The summed E-state index contributed by atoms with van der Waals surface area (Å²) in [5, 5.41) is 0. The van der Waals surface area contributed by atoms with E-state index in [1.54, 1.807) is 12.2 Å². The number of allylic oxidation sites excluding steroid dienone is 1. The summed E-state index contributed by atoms with van der Waals surface area (Å²) in [6.45, 7) is 4.01. The van der Waals surface area contributed by atoms with Crippen LogP contribution in [0.2, 0.25) is 0 Å². The molecule has 1 aliphatic rings. The third-order valence-corrected chi connectivity index (χ3v) is 2.30. The maximum absolute atomic E-state index is 11.4. The Hall–Kier alpha value is -1.83. The van der Waals surface area contributed by atoms with Gasteiger partial charge in [-0.3, -0.25) is 4.79 Å². The second kappa shape index (κ2) is 4.13. The van der Waals surface area contributed by atoms with Crippen LogP contribution in [-0.4, -0.2) is 12.4 Å². The number of benzene rings is 1. The van der Waals surface area contributed by atoms with Crippen LogP contribution in [0.15, 0.2) is 43.0 Å². The Morgan fingerprint density at radius 2 is 2.20 bits per heavy atom. The molecule has 1 aromatic carbocycles. The van der Waals surface area contributed by atoms with Crippen LogP contribution in [0.3, 0.4) is 0 Å². The van der Waals surface area contributed by atoms with E-state index in [9.17, 15) is 4.79 Å². The van der Waals surface area contributed by atoms with E-state index < -0.39 is 0 Å². The van der Waals surface area contributed by atoms with Crippen molar-refractivity contribution < 1.29 is 9.53 Å².